The van der Waals surface area contributed by atoms with Gasteiger partial charge in [0.1, 0.15) is 12.5 Å². The first kappa shape index (κ1) is 9.90. The molecule has 1 heterocycles. The molecule has 0 saturated heterocycles. The molecule has 1 aromatic rings. The van der Waals surface area contributed by atoms with E-state index in [0.717, 1.165) is 18.5 Å². The van der Waals surface area contributed by atoms with E-state index in [9.17, 15) is 0 Å². The van der Waals surface area contributed by atoms with Gasteiger partial charge in [-0.15, -0.1) is 0 Å². The van der Waals surface area contributed by atoms with Crippen LogP contribution in [0.3, 0.4) is 0 Å². The van der Waals surface area contributed by atoms with Crippen molar-refractivity contribution in [3.8, 4) is 0 Å². The maximum atomic E-state index is 5.70. The fourth-order valence-electron chi connectivity index (χ4n) is 1.61. The fraction of sp³-hybridized carbons (Fsp3) is 0.333. The third kappa shape index (κ3) is 2.43. The molecule has 0 amide bonds. The highest BCUT2D eigenvalue weighted by Gasteiger charge is 2.28. The number of ether oxygens (including phenoxy) is 2. The van der Waals surface area contributed by atoms with Crippen molar-refractivity contribution >= 4 is 5.69 Å². The molecule has 0 bridgehead atoms. The third-order valence-electron chi connectivity index (χ3n) is 2.51. The van der Waals surface area contributed by atoms with Crippen LogP contribution in [-0.2, 0) is 15.9 Å². The molecule has 80 valence electrons. The van der Waals surface area contributed by atoms with E-state index in [4.69, 9.17) is 15.2 Å². The van der Waals surface area contributed by atoms with Crippen molar-refractivity contribution < 1.29 is 9.47 Å². The Morgan fingerprint density at radius 2 is 2.00 bits per heavy atom. The van der Waals surface area contributed by atoms with Gasteiger partial charge in [0, 0.05) is 19.0 Å². The minimum absolute atomic E-state index is 0.509. The van der Waals surface area contributed by atoms with Crippen molar-refractivity contribution in [2.24, 2.45) is 0 Å². The monoisotopic (exact) mass is 205 g/mol. The topological polar surface area (TPSA) is 44.5 Å². The average Bonchev–Trinajstić information content (AvgIpc) is 2.63. The summed E-state index contributed by atoms with van der Waals surface area (Å²) in [5, 5.41) is 0. The Morgan fingerprint density at radius 1 is 1.27 bits per heavy atom. The first-order chi connectivity index (χ1) is 7.18. The van der Waals surface area contributed by atoms with E-state index in [2.05, 4.69) is 6.07 Å². The summed E-state index contributed by atoms with van der Waals surface area (Å²) in [4.78, 5) is 0. The highest BCUT2D eigenvalue weighted by atomic mass is 16.7. The molecule has 0 spiro atoms. The Bertz CT molecular complexity index is 366. The normalized spacial score (nSPS) is 17.1. The molecule has 0 radical (unpaired) electrons. The molecular formula is C12H15NO2. The molecule has 1 aliphatic rings. The Kier molecular flexibility index (Phi) is 2.54. The predicted molar refractivity (Wildman–Crippen MR) is 58.9 cm³/mol. The van der Waals surface area contributed by atoms with E-state index < -0.39 is 5.79 Å². The van der Waals surface area contributed by atoms with Crippen molar-refractivity contribution in [3.05, 3.63) is 42.4 Å². The molecule has 2 rings (SSSR count). The van der Waals surface area contributed by atoms with Crippen LogP contribution in [-0.4, -0.2) is 5.79 Å². The van der Waals surface area contributed by atoms with Gasteiger partial charge in [-0.05, 0) is 24.1 Å². The van der Waals surface area contributed by atoms with Crippen molar-refractivity contribution in [3.63, 3.8) is 0 Å². The zero-order valence-corrected chi connectivity index (χ0v) is 8.77. The summed E-state index contributed by atoms with van der Waals surface area (Å²) < 4.78 is 10.7. The number of nitrogens with two attached hydrogens (primary N) is 1. The predicted octanol–water partition coefficient (Wildman–Crippen LogP) is 2.44. The summed E-state index contributed by atoms with van der Waals surface area (Å²) >= 11 is 0. The zero-order valence-electron chi connectivity index (χ0n) is 8.77. The van der Waals surface area contributed by atoms with Gasteiger partial charge in [0.05, 0.1) is 0 Å². The third-order valence-corrected chi connectivity index (χ3v) is 2.51. The SMILES string of the molecule is CC1(CCc2cccc(N)c2)OC=CO1. The van der Waals surface area contributed by atoms with E-state index in [1.165, 1.54) is 5.56 Å². The number of nitrogen functional groups attached to an aromatic ring is 1. The standard InChI is InChI=1S/C12H15NO2/c1-12(14-7-8-15-12)6-5-10-3-2-4-11(13)9-10/h2-4,7-9H,5-6,13H2,1H3. The first-order valence-corrected chi connectivity index (χ1v) is 5.03. The van der Waals surface area contributed by atoms with Crippen LogP contribution >= 0.6 is 0 Å². The lowest BCUT2D eigenvalue weighted by Gasteiger charge is -2.22. The van der Waals surface area contributed by atoms with Crippen LogP contribution in [0.25, 0.3) is 0 Å². The average molecular weight is 205 g/mol. The largest absolute Gasteiger partial charge is 0.457 e. The maximum Gasteiger partial charge on any atom is 0.247 e. The van der Waals surface area contributed by atoms with Gasteiger partial charge >= 0.3 is 0 Å². The molecule has 1 aliphatic heterocycles. The summed E-state index contributed by atoms with van der Waals surface area (Å²) in [5.74, 6) is -0.509. The molecule has 0 aliphatic carbocycles. The van der Waals surface area contributed by atoms with Crippen LogP contribution in [0.2, 0.25) is 0 Å². The van der Waals surface area contributed by atoms with Crippen LogP contribution in [0.1, 0.15) is 18.9 Å². The van der Waals surface area contributed by atoms with Crippen LogP contribution in [0.4, 0.5) is 5.69 Å². The Balaban J connectivity index is 1.93. The van der Waals surface area contributed by atoms with Gasteiger partial charge in [0.2, 0.25) is 5.79 Å². The van der Waals surface area contributed by atoms with Gasteiger partial charge in [0.25, 0.3) is 0 Å². The number of hydrogen-bond donors (Lipinski definition) is 1. The van der Waals surface area contributed by atoms with Gasteiger partial charge in [-0.3, -0.25) is 0 Å². The molecule has 2 N–H and O–H groups in total. The molecule has 15 heavy (non-hydrogen) atoms. The highest BCUT2D eigenvalue weighted by molar-refractivity contribution is 5.40. The summed E-state index contributed by atoms with van der Waals surface area (Å²) in [7, 11) is 0. The second kappa shape index (κ2) is 3.85. The first-order valence-electron chi connectivity index (χ1n) is 5.03. The smallest absolute Gasteiger partial charge is 0.247 e. The second-order valence-electron chi connectivity index (χ2n) is 3.89. The maximum absolute atomic E-state index is 5.70. The van der Waals surface area contributed by atoms with Crippen LogP contribution in [0.15, 0.2) is 36.8 Å². The van der Waals surface area contributed by atoms with E-state index in [1.807, 2.05) is 25.1 Å². The molecule has 0 unspecified atom stereocenters. The van der Waals surface area contributed by atoms with Gasteiger partial charge < -0.3 is 15.2 Å². The lowest BCUT2D eigenvalue weighted by atomic mass is 10.1. The fourth-order valence-corrected chi connectivity index (χ4v) is 1.61. The number of benzene rings is 1. The summed E-state index contributed by atoms with van der Waals surface area (Å²) in [5.41, 5.74) is 7.70. The Labute approximate surface area is 89.5 Å². The lowest BCUT2D eigenvalue weighted by molar-refractivity contribution is -0.130. The van der Waals surface area contributed by atoms with Crippen LogP contribution < -0.4 is 5.73 Å². The quantitative estimate of drug-likeness (QED) is 0.771. The second-order valence-corrected chi connectivity index (χ2v) is 3.89. The number of rotatable bonds is 3. The van der Waals surface area contributed by atoms with E-state index in [1.54, 1.807) is 12.5 Å². The minimum Gasteiger partial charge on any atom is -0.457 e. The van der Waals surface area contributed by atoms with Crippen LogP contribution in [0, 0.1) is 0 Å². The lowest BCUT2D eigenvalue weighted by Crippen LogP contribution is -2.25. The molecule has 3 heteroatoms. The Morgan fingerprint density at radius 3 is 2.67 bits per heavy atom. The number of aryl methyl sites for hydroxylation is 1. The van der Waals surface area contributed by atoms with Crippen molar-refractivity contribution in [2.75, 3.05) is 5.73 Å². The molecule has 0 aromatic heterocycles. The van der Waals surface area contributed by atoms with Gasteiger partial charge in [-0.2, -0.15) is 0 Å². The summed E-state index contributed by atoms with van der Waals surface area (Å²) in [6, 6.07) is 7.88. The van der Waals surface area contributed by atoms with Gasteiger partial charge in [0.15, 0.2) is 0 Å². The van der Waals surface area contributed by atoms with Crippen molar-refractivity contribution in [1.82, 2.24) is 0 Å². The zero-order chi connectivity index (χ0) is 10.7. The number of anilines is 1. The van der Waals surface area contributed by atoms with Gasteiger partial charge in [-0.1, -0.05) is 12.1 Å². The molecular weight excluding hydrogens is 190 g/mol. The number of hydrogen-bond acceptors (Lipinski definition) is 3. The molecule has 0 saturated carbocycles. The van der Waals surface area contributed by atoms with Crippen molar-refractivity contribution in [2.45, 2.75) is 25.6 Å². The van der Waals surface area contributed by atoms with Crippen LogP contribution in [0.5, 0.6) is 0 Å². The molecule has 1 aromatic carbocycles. The molecule has 0 fully saturated rings. The highest BCUT2D eigenvalue weighted by Crippen LogP contribution is 2.25. The minimum atomic E-state index is -0.509. The Hall–Kier alpha value is -1.64. The van der Waals surface area contributed by atoms with E-state index in [0.29, 0.717) is 0 Å². The molecule has 3 nitrogen and oxygen atoms in total. The van der Waals surface area contributed by atoms with E-state index in [-0.39, 0.29) is 0 Å². The van der Waals surface area contributed by atoms with Gasteiger partial charge in [-0.25, -0.2) is 0 Å². The summed E-state index contributed by atoms with van der Waals surface area (Å²) in [6.45, 7) is 1.93. The molecule has 0 atom stereocenters. The summed E-state index contributed by atoms with van der Waals surface area (Å²) in [6.07, 6.45) is 4.87. The van der Waals surface area contributed by atoms with E-state index >= 15 is 0 Å². The van der Waals surface area contributed by atoms with Crippen molar-refractivity contribution in [1.29, 1.82) is 0 Å².